The molecule has 0 radical (unpaired) electrons. The maximum Gasteiger partial charge on any atom is 0.251 e. The molecule has 2 aromatic carbocycles. The molecule has 0 fully saturated rings. The third kappa shape index (κ3) is 3.49. The van der Waals surface area contributed by atoms with Gasteiger partial charge in [-0.25, -0.2) is 8.78 Å². The zero-order valence-electron chi connectivity index (χ0n) is 11.2. The van der Waals surface area contributed by atoms with Gasteiger partial charge in [-0.2, -0.15) is 0 Å². The predicted molar refractivity (Wildman–Crippen MR) is 78.4 cm³/mol. The fourth-order valence-electron chi connectivity index (χ4n) is 1.94. The second-order valence-corrected chi connectivity index (χ2v) is 5.03. The topological polar surface area (TPSA) is 55.1 Å². The molecular formula is C15H13ClF2N2O. The van der Waals surface area contributed by atoms with Crippen LogP contribution < -0.4 is 11.1 Å². The molecule has 3 N–H and O–H groups in total. The number of nitrogens with one attached hydrogen (secondary N) is 1. The van der Waals surface area contributed by atoms with E-state index in [4.69, 9.17) is 17.3 Å². The molecular weight excluding hydrogens is 298 g/mol. The number of carbonyl (C=O) groups excluding carboxylic acids is 1. The first-order valence-electron chi connectivity index (χ1n) is 6.19. The third-order valence-electron chi connectivity index (χ3n) is 3.04. The van der Waals surface area contributed by atoms with Gasteiger partial charge >= 0.3 is 0 Å². The predicted octanol–water partition coefficient (Wildman–Crippen LogP) is 3.89. The lowest BCUT2D eigenvalue weighted by Gasteiger charge is -2.17. The lowest BCUT2D eigenvalue weighted by atomic mass is 10.1. The number of hydrogen-bond donors (Lipinski definition) is 2. The van der Waals surface area contributed by atoms with E-state index in [1.165, 1.54) is 0 Å². The Balaban J connectivity index is 2.31. The molecule has 0 saturated carbocycles. The summed E-state index contributed by atoms with van der Waals surface area (Å²) in [6, 6.07) is 8.45. The van der Waals surface area contributed by atoms with Crippen molar-refractivity contribution in [1.29, 1.82) is 0 Å². The summed E-state index contributed by atoms with van der Waals surface area (Å²) in [5.41, 5.74) is 5.51. The molecule has 2 aromatic rings. The van der Waals surface area contributed by atoms with Crippen LogP contribution in [-0.4, -0.2) is 5.91 Å². The van der Waals surface area contributed by atoms with Crippen LogP contribution in [-0.2, 0) is 0 Å². The van der Waals surface area contributed by atoms with E-state index in [0.29, 0.717) is 11.1 Å². The molecule has 0 spiro atoms. The van der Waals surface area contributed by atoms with Gasteiger partial charge in [0.05, 0.1) is 11.3 Å². The van der Waals surface area contributed by atoms with E-state index in [1.54, 1.807) is 25.1 Å². The van der Waals surface area contributed by atoms with E-state index in [1.807, 2.05) is 6.07 Å². The standard InChI is InChI=1S/C15H13ClF2N2O/c1-8(9-3-2-4-10(16)5-9)20-14-6-11(15(19)21)12(17)7-13(14)18/h2-8,20H,1H3,(H2,19,21). The Morgan fingerprint density at radius 3 is 2.57 bits per heavy atom. The van der Waals surface area contributed by atoms with Crippen LogP contribution in [0.25, 0.3) is 0 Å². The minimum Gasteiger partial charge on any atom is -0.376 e. The van der Waals surface area contributed by atoms with Gasteiger partial charge in [0, 0.05) is 17.1 Å². The summed E-state index contributed by atoms with van der Waals surface area (Å²) in [5, 5.41) is 3.42. The average Bonchev–Trinajstić information content (AvgIpc) is 2.41. The molecule has 110 valence electrons. The Hall–Kier alpha value is -2.14. The van der Waals surface area contributed by atoms with E-state index in [0.717, 1.165) is 11.6 Å². The summed E-state index contributed by atoms with van der Waals surface area (Å²) in [7, 11) is 0. The van der Waals surface area contributed by atoms with Gasteiger partial charge in [-0.05, 0) is 30.7 Å². The molecule has 1 atom stereocenters. The van der Waals surface area contributed by atoms with Crippen molar-refractivity contribution in [2.75, 3.05) is 5.32 Å². The average molecular weight is 311 g/mol. The van der Waals surface area contributed by atoms with Crippen LogP contribution in [0.5, 0.6) is 0 Å². The molecule has 0 aliphatic heterocycles. The van der Waals surface area contributed by atoms with Crippen LogP contribution in [0.15, 0.2) is 36.4 Å². The van der Waals surface area contributed by atoms with Crippen molar-refractivity contribution in [2.45, 2.75) is 13.0 Å². The number of amides is 1. The first-order valence-corrected chi connectivity index (χ1v) is 6.57. The van der Waals surface area contributed by atoms with Crippen LogP contribution in [0.3, 0.4) is 0 Å². The second-order valence-electron chi connectivity index (χ2n) is 4.60. The van der Waals surface area contributed by atoms with Gasteiger partial charge < -0.3 is 11.1 Å². The fourth-order valence-corrected chi connectivity index (χ4v) is 2.14. The van der Waals surface area contributed by atoms with E-state index in [9.17, 15) is 13.6 Å². The highest BCUT2D eigenvalue weighted by Gasteiger charge is 2.15. The largest absolute Gasteiger partial charge is 0.376 e. The van der Waals surface area contributed by atoms with Crippen LogP contribution in [0.2, 0.25) is 5.02 Å². The van der Waals surface area contributed by atoms with E-state index < -0.39 is 17.5 Å². The summed E-state index contributed by atoms with van der Waals surface area (Å²) >= 11 is 5.90. The summed E-state index contributed by atoms with van der Waals surface area (Å²) in [4.78, 5) is 11.1. The van der Waals surface area contributed by atoms with Gasteiger partial charge in [0.25, 0.3) is 5.91 Å². The number of hydrogen-bond acceptors (Lipinski definition) is 2. The minimum absolute atomic E-state index is 0.00215. The van der Waals surface area contributed by atoms with E-state index in [-0.39, 0.29) is 17.3 Å². The Kier molecular flexibility index (Phi) is 4.43. The molecule has 0 aliphatic carbocycles. The van der Waals surface area contributed by atoms with Crippen molar-refractivity contribution in [3.05, 3.63) is 64.2 Å². The van der Waals surface area contributed by atoms with Crippen molar-refractivity contribution >= 4 is 23.2 Å². The van der Waals surface area contributed by atoms with Crippen molar-refractivity contribution in [3.63, 3.8) is 0 Å². The van der Waals surface area contributed by atoms with Gasteiger partial charge in [0.1, 0.15) is 11.6 Å². The van der Waals surface area contributed by atoms with Gasteiger partial charge in [0.15, 0.2) is 0 Å². The number of halogens is 3. The van der Waals surface area contributed by atoms with Gasteiger partial charge in [-0.3, -0.25) is 4.79 Å². The highest BCUT2D eigenvalue weighted by Crippen LogP contribution is 2.25. The maximum atomic E-state index is 13.8. The summed E-state index contributed by atoms with van der Waals surface area (Å²) in [6.45, 7) is 1.79. The van der Waals surface area contributed by atoms with Crippen LogP contribution in [0.4, 0.5) is 14.5 Å². The molecule has 0 aromatic heterocycles. The second kappa shape index (κ2) is 6.10. The molecule has 0 bridgehead atoms. The van der Waals surface area contributed by atoms with Crippen LogP contribution in [0, 0.1) is 11.6 Å². The van der Waals surface area contributed by atoms with Crippen LogP contribution >= 0.6 is 11.6 Å². The zero-order valence-corrected chi connectivity index (χ0v) is 11.9. The molecule has 21 heavy (non-hydrogen) atoms. The monoisotopic (exact) mass is 310 g/mol. The normalized spacial score (nSPS) is 12.0. The number of rotatable bonds is 4. The molecule has 3 nitrogen and oxygen atoms in total. The number of benzene rings is 2. The Morgan fingerprint density at radius 2 is 1.95 bits per heavy atom. The Bertz CT molecular complexity index is 691. The number of anilines is 1. The number of nitrogens with two attached hydrogens (primary N) is 1. The van der Waals surface area contributed by atoms with Crippen molar-refractivity contribution in [1.82, 2.24) is 0 Å². The first-order chi connectivity index (χ1) is 9.88. The highest BCUT2D eigenvalue weighted by atomic mass is 35.5. The Morgan fingerprint density at radius 1 is 1.24 bits per heavy atom. The van der Waals surface area contributed by atoms with E-state index in [2.05, 4.69) is 5.32 Å². The summed E-state index contributed by atoms with van der Waals surface area (Å²) in [6.07, 6.45) is 0. The SMILES string of the molecule is CC(Nc1cc(C(N)=O)c(F)cc1F)c1cccc(Cl)c1. The van der Waals surface area contributed by atoms with Crippen LogP contribution in [0.1, 0.15) is 28.9 Å². The lowest BCUT2D eigenvalue weighted by Crippen LogP contribution is -2.15. The summed E-state index contributed by atoms with van der Waals surface area (Å²) in [5.74, 6) is -2.74. The summed E-state index contributed by atoms with van der Waals surface area (Å²) < 4.78 is 27.2. The highest BCUT2D eigenvalue weighted by molar-refractivity contribution is 6.30. The molecule has 0 aliphatic rings. The molecule has 0 saturated heterocycles. The van der Waals surface area contributed by atoms with Gasteiger partial charge in [0.2, 0.25) is 0 Å². The zero-order chi connectivity index (χ0) is 15.6. The Labute approximate surface area is 125 Å². The molecule has 6 heteroatoms. The third-order valence-corrected chi connectivity index (χ3v) is 3.28. The van der Waals surface area contributed by atoms with Gasteiger partial charge in [-0.1, -0.05) is 23.7 Å². The smallest absolute Gasteiger partial charge is 0.251 e. The lowest BCUT2D eigenvalue weighted by molar-refractivity contribution is 0.0996. The first kappa shape index (κ1) is 15.3. The molecule has 1 amide bonds. The molecule has 2 rings (SSSR count). The van der Waals surface area contributed by atoms with Crippen molar-refractivity contribution in [3.8, 4) is 0 Å². The maximum absolute atomic E-state index is 13.8. The van der Waals surface area contributed by atoms with Gasteiger partial charge in [-0.15, -0.1) is 0 Å². The van der Waals surface area contributed by atoms with Crippen molar-refractivity contribution in [2.24, 2.45) is 5.73 Å². The fraction of sp³-hybridized carbons (Fsp3) is 0.133. The van der Waals surface area contributed by atoms with E-state index >= 15 is 0 Å². The quantitative estimate of drug-likeness (QED) is 0.900. The minimum atomic E-state index is -0.985. The molecule has 1 unspecified atom stereocenters. The number of primary amides is 1. The molecule has 0 heterocycles. The number of carbonyl (C=O) groups is 1. The van der Waals surface area contributed by atoms with Crippen molar-refractivity contribution < 1.29 is 13.6 Å².